The van der Waals surface area contributed by atoms with E-state index in [9.17, 15) is 0 Å². The van der Waals surface area contributed by atoms with Crippen LogP contribution in [0.2, 0.25) is 0 Å². The second kappa shape index (κ2) is 14.0. The molecule has 13 aromatic rings. The summed E-state index contributed by atoms with van der Waals surface area (Å²) in [4.78, 5) is 7.79. The van der Waals surface area contributed by atoms with Crippen molar-refractivity contribution in [2.45, 2.75) is 0 Å². The molecule has 13 rings (SSSR count). The molecule has 3 heterocycles. The number of anilines is 3. The Kier molecular flexibility index (Phi) is 7.95. The predicted octanol–water partition coefficient (Wildman–Crippen LogP) is 16.9. The monoisotopic (exact) mass is 825 g/mol. The van der Waals surface area contributed by atoms with Crippen molar-refractivity contribution in [1.82, 2.24) is 9.55 Å². The van der Waals surface area contributed by atoms with Gasteiger partial charge in [0.15, 0.2) is 0 Å². The number of benzene rings is 10. The van der Waals surface area contributed by atoms with Gasteiger partial charge in [0.05, 0.1) is 21.3 Å². The average Bonchev–Trinajstić information content (AvgIpc) is 4.04. The van der Waals surface area contributed by atoms with Crippen molar-refractivity contribution in [3.8, 4) is 27.4 Å². The molecule has 0 fully saturated rings. The number of rotatable bonds is 6. The SMILES string of the molecule is c1ccc(-c2nc3c(-c4ccc(N(c5ccc6c(c5)sc5ccccc56)c5ccc6c7ccccc7n(-c7ccccc7)c6c5)cc4)cc4c5ccccc5ccc4c3s2)cc1. The van der Waals surface area contributed by atoms with Crippen LogP contribution in [-0.4, -0.2) is 9.55 Å². The Balaban J connectivity index is 1.02. The fourth-order valence-corrected chi connectivity index (χ4v) is 11.8. The number of aromatic nitrogens is 2. The molecule has 3 nitrogen and oxygen atoms in total. The van der Waals surface area contributed by atoms with Crippen molar-refractivity contribution in [2.24, 2.45) is 0 Å². The topological polar surface area (TPSA) is 21.1 Å². The molecule has 0 aliphatic rings. The first-order valence-electron chi connectivity index (χ1n) is 20.9. The van der Waals surface area contributed by atoms with Crippen LogP contribution in [0.1, 0.15) is 0 Å². The van der Waals surface area contributed by atoms with Crippen molar-refractivity contribution in [1.29, 1.82) is 0 Å². The lowest BCUT2D eigenvalue weighted by Gasteiger charge is -2.26. The summed E-state index contributed by atoms with van der Waals surface area (Å²) in [6, 6.07) is 77.4. The molecule has 0 saturated carbocycles. The smallest absolute Gasteiger partial charge is 0.124 e. The molecule has 10 aromatic carbocycles. The van der Waals surface area contributed by atoms with Crippen molar-refractivity contribution >= 4 is 113 Å². The van der Waals surface area contributed by atoms with Crippen molar-refractivity contribution in [3.05, 3.63) is 212 Å². The van der Waals surface area contributed by atoms with Crippen LogP contribution in [0.25, 0.3) is 101 Å². The number of nitrogens with zero attached hydrogens (tertiary/aromatic N) is 3. The standard InChI is InChI=1S/C57H35N3S2/c1-3-14-38(15-4-1)57-58-55-49(35-50-43-18-8-7-13-36(43)25-30-48(50)56(55)62-57)37-23-26-40(27-24-37)59(42-29-32-47-46-20-10-12-22-53(46)61-54(47)34-42)41-28-31-45-44-19-9-11-21-51(44)60(52(45)33-41)39-16-5-2-6-17-39/h1-35H. The maximum Gasteiger partial charge on any atom is 0.124 e. The zero-order valence-corrected chi connectivity index (χ0v) is 35.0. The molecule has 3 aromatic heterocycles. The Morgan fingerprint density at radius 1 is 0.387 bits per heavy atom. The number of thiazole rings is 1. The van der Waals surface area contributed by atoms with E-state index in [0.29, 0.717) is 0 Å². The van der Waals surface area contributed by atoms with Gasteiger partial charge in [-0.1, -0.05) is 146 Å². The lowest BCUT2D eigenvalue weighted by molar-refractivity contribution is 1.18. The highest BCUT2D eigenvalue weighted by molar-refractivity contribution is 7.25. The van der Waals surface area contributed by atoms with E-state index in [-0.39, 0.29) is 0 Å². The first-order chi connectivity index (χ1) is 30.7. The van der Waals surface area contributed by atoms with Gasteiger partial charge < -0.3 is 9.47 Å². The van der Waals surface area contributed by atoms with E-state index in [1.54, 1.807) is 11.3 Å². The summed E-state index contributed by atoms with van der Waals surface area (Å²) in [5.74, 6) is 0. The minimum Gasteiger partial charge on any atom is -0.310 e. The van der Waals surface area contributed by atoms with Gasteiger partial charge >= 0.3 is 0 Å². The molecule has 62 heavy (non-hydrogen) atoms. The van der Waals surface area contributed by atoms with Crippen LogP contribution in [0.4, 0.5) is 17.1 Å². The van der Waals surface area contributed by atoms with Gasteiger partial charge in [-0.05, 0) is 88.5 Å². The zero-order valence-electron chi connectivity index (χ0n) is 33.4. The fourth-order valence-electron chi connectivity index (χ4n) is 9.52. The summed E-state index contributed by atoms with van der Waals surface area (Å²) in [5, 5.41) is 11.1. The maximum atomic E-state index is 5.38. The first kappa shape index (κ1) is 35.2. The Morgan fingerprint density at radius 3 is 1.85 bits per heavy atom. The van der Waals surface area contributed by atoms with E-state index in [2.05, 4.69) is 222 Å². The summed E-state index contributed by atoms with van der Waals surface area (Å²) in [6.07, 6.45) is 0. The van der Waals surface area contributed by atoms with E-state index in [1.807, 2.05) is 11.3 Å². The maximum absolute atomic E-state index is 5.38. The first-order valence-corrected chi connectivity index (χ1v) is 22.6. The minimum absolute atomic E-state index is 1.03. The summed E-state index contributed by atoms with van der Waals surface area (Å²) in [7, 11) is 0. The highest BCUT2D eigenvalue weighted by Crippen LogP contribution is 2.46. The van der Waals surface area contributed by atoms with Crippen LogP contribution in [0.3, 0.4) is 0 Å². The van der Waals surface area contributed by atoms with Crippen LogP contribution < -0.4 is 4.90 Å². The average molecular weight is 826 g/mol. The molecule has 0 amide bonds. The van der Waals surface area contributed by atoms with E-state index >= 15 is 0 Å². The van der Waals surface area contributed by atoms with Crippen LogP contribution in [0, 0.1) is 0 Å². The number of hydrogen-bond acceptors (Lipinski definition) is 4. The van der Waals surface area contributed by atoms with Crippen LogP contribution in [0.5, 0.6) is 0 Å². The van der Waals surface area contributed by atoms with Gasteiger partial charge in [-0.25, -0.2) is 4.98 Å². The summed E-state index contributed by atoms with van der Waals surface area (Å²) >= 11 is 3.64. The van der Waals surface area contributed by atoms with Crippen molar-refractivity contribution in [3.63, 3.8) is 0 Å². The van der Waals surface area contributed by atoms with Crippen LogP contribution in [-0.2, 0) is 0 Å². The van der Waals surface area contributed by atoms with Crippen molar-refractivity contribution < 1.29 is 0 Å². The molecule has 0 aliphatic heterocycles. The lowest BCUT2D eigenvalue weighted by Crippen LogP contribution is -2.10. The van der Waals surface area contributed by atoms with Crippen LogP contribution >= 0.6 is 22.7 Å². The molecule has 0 bridgehead atoms. The van der Waals surface area contributed by atoms with Crippen molar-refractivity contribution in [2.75, 3.05) is 4.90 Å². The van der Waals surface area contributed by atoms with Gasteiger partial charge in [-0.15, -0.1) is 22.7 Å². The molecular weight excluding hydrogens is 791 g/mol. The molecule has 0 spiro atoms. The van der Waals surface area contributed by atoms with E-state index < -0.39 is 0 Å². The summed E-state index contributed by atoms with van der Waals surface area (Å²) in [5.41, 5.74) is 11.3. The fraction of sp³-hybridized carbons (Fsp3) is 0. The molecule has 5 heteroatoms. The normalized spacial score (nSPS) is 11.9. The molecule has 0 saturated heterocycles. The van der Waals surface area contributed by atoms with Gasteiger partial charge in [-0.2, -0.15) is 0 Å². The van der Waals surface area contributed by atoms with Gasteiger partial charge in [-0.3, -0.25) is 0 Å². The van der Waals surface area contributed by atoms with E-state index in [1.165, 1.54) is 68.2 Å². The largest absolute Gasteiger partial charge is 0.310 e. The third-order valence-corrected chi connectivity index (χ3v) is 14.7. The highest BCUT2D eigenvalue weighted by Gasteiger charge is 2.21. The Hall–Kier alpha value is -7.57. The zero-order chi connectivity index (χ0) is 40.7. The van der Waals surface area contributed by atoms with E-state index in [0.717, 1.165) is 50.0 Å². The number of thiophene rings is 1. The third kappa shape index (κ3) is 5.53. The second-order valence-electron chi connectivity index (χ2n) is 15.9. The number of hydrogen-bond donors (Lipinski definition) is 0. The molecule has 0 aliphatic carbocycles. The Bertz CT molecular complexity index is 3860. The number of para-hydroxylation sites is 2. The van der Waals surface area contributed by atoms with Gasteiger partial charge in [0, 0.05) is 70.2 Å². The summed E-state index contributed by atoms with van der Waals surface area (Å²) < 4.78 is 6.19. The van der Waals surface area contributed by atoms with Gasteiger partial charge in [0.25, 0.3) is 0 Å². The minimum atomic E-state index is 1.03. The predicted molar refractivity (Wildman–Crippen MR) is 267 cm³/mol. The lowest BCUT2D eigenvalue weighted by atomic mass is 9.96. The highest BCUT2D eigenvalue weighted by atomic mass is 32.1. The molecule has 0 atom stereocenters. The van der Waals surface area contributed by atoms with Gasteiger partial charge in [0.2, 0.25) is 0 Å². The third-order valence-electron chi connectivity index (χ3n) is 12.4. The van der Waals surface area contributed by atoms with Crippen LogP contribution in [0.15, 0.2) is 212 Å². The Morgan fingerprint density at radius 2 is 1.02 bits per heavy atom. The van der Waals surface area contributed by atoms with E-state index in [4.69, 9.17) is 4.98 Å². The quantitative estimate of drug-likeness (QED) is 0.156. The molecule has 0 N–H and O–H groups in total. The number of fused-ring (bicyclic) bond motifs is 11. The molecule has 290 valence electrons. The second-order valence-corrected chi connectivity index (χ2v) is 18.0. The molecule has 0 radical (unpaired) electrons. The molecule has 0 unspecified atom stereocenters. The molecular formula is C57H35N3S2. The summed E-state index contributed by atoms with van der Waals surface area (Å²) in [6.45, 7) is 0. The Labute approximate surface area is 365 Å². The van der Waals surface area contributed by atoms with Gasteiger partial charge in [0.1, 0.15) is 5.01 Å².